The van der Waals surface area contributed by atoms with Gasteiger partial charge in [-0.05, 0) is 6.07 Å². The summed E-state index contributed by atoms with van der Waals surface area (Å²) in [6.45, 7) is 0. The van der Waals surface area contributed by atoms with Gasteiger partial charge in [-0.1, -0.05) is 24.3 Å². The zero-order chi connectivity index (χ0) is 8.39. The molecule has 1 N–H and O–H groups in total. The van der Waals surface area contributed by atoms with Crippen LogP contribution in [0.4, 0.5) is 4.39 Å². The summed E-state index contributed by atoms with van der Waals surface area (Å²) in [6.07, 6.45) is 1.23. The zero-order valence-electron chi connectivity index (χ0n) is 6.21. The SMILES string of the molecule is Fc1c[nH]nc1-c1cc[c]cc1. The number of nitrogens with one attached hydrogen (secondary N) is 1. The lowest BCUT2D eigenvalue weighted by molar-refractivity contribution is 0.632. The normalized spacial score (nSPS) is 10.1. The Hall–Kier alpha value is -1.64. The highest BCUT2D eigenvalue weighted by Gasteiger charge is 2.05. The second-order valence-corrected chi connectivity index (χ2v) is 2.37. The number of hydrogen-bond donors (Lipinski definition) is 1. The standard InChI is InChI=1S/C9H6FN2/c10-8-6-11-12-9(8)7-4-2-1-3-5-7/h2-6H,(H,11,12). The molecule has 2 nitrogen and oxygen atoms in total. The Bertz CT molecular complexity index is 367. The molecule has 0 aliphatic heterocycles. The van der Waals surface area contributed by atoms with Crippen molar-refractivity contribution in [1.29, 1.82) is 0 Å². The number of aromatic amines is 1. The topological polar surface area (TPSA) is 28.7 Å². The molecule has 0 aliphatic carbocycles. The van der Waals surface area contributed by atoms with Crippen LogP contribution in [0.2, 0.25) is 0 Å². The molecule has 0 saturated carbocycles. The van der Waals surface area contributed by atoms with E-state index in [2.05, 4.69) is 16.3 Å². The van der Waals surface area contributed by atoms with Crippen LogP contribution in [0.5, 0.6) is 0 Å². The summed E-state index contributed by atoms with van der Waals surface area (Å²) >= 11 is 0. The second-order valence-electron chi connectivity index (χ2n) is 2.37. The van der Waals surface area contributed by atoms with Crippen molar-refractivity contribution in [2.45, 2.75) is 0 Å². The highest BCUT2D eigenvalue weighted by molar-refractivity contribution is 5.58. The summed E-state index contributed by atoms with van der Waals surface area (Å²) < 4.78 is 12.9. The maximum Gasteiger partial charge on any atom is 0.168 e. The molecule has 2 aromatic rings. The van der Waals surface area contributed by atoms with Crippen LogP contribution >= 0.6 is 0 Å². The smallest absolute Gasteiger partial charge is 0.168 e. The third kappa shape index (κ3) is 1.09. The van der Waals surface area contributed by atoms with Crippen molar-refractivity contribution in [2.75, 3.05) is 0 Å². The Labute approximate surface area is 69.1 Å². The Balaban J connectivity index is 2.51. The van der Waals surface area contributed by atoms with Gasteiger partial charge in [0.05, 0.1) is 6.20 Å². The molecular weight excluding hydrogens is 155 g/mol. The largest absolute Gasteiger partial charge is 0.282 e. The van der Waals surface area contributed by atoms with Crippen molar-refractivity contribution in [1.82, 2.24) is 10.2 Å². The fourth-order valence-electron chi connectivity index (χ4n) is 1.02. The van der Waals surface area contributed by atoms with Crippen molar-refractivity contribution < 1.29 is 4.39 Å². The molecule has 2 rings (SSSR count). The lowest BCUT2D eigenvalue weighted by Gasteiger charge is -1.93. The summed E-state index contributed by atoms with van der Waals surface area (Å²) in [5, 5.41) is 6.23. The first kappa shape index (κ1) is 7.03. The first-order valence-electron chi connectivity index (χ1n) is 3.53. The van der Waals surface area contributed by atoms with Crippen LogP contribution in [0, 0.1) is 11.9 Å². The van der Waals surface area contributed by atoms with Crippen LogP contribution in [0.1, 0.15) is 0 Å². The zero-order valence-corrected chi connectivity index (χ0v) is 6.21. The van der Waals surface area contributed by atoms with E-state index in [1.807, 2.05) is 0 Å². The predicted octanol–water partition coefficient (Wildman–Crippen LogP) is 2.02. The van der Waals surface area contributed by atoms with E-state index >= 15 is 0 Å². The average Bonchev–Trinajstić information content (AvgIpc) is 2.53. The summed E-state index contributed by atoms with van der Waals surface area (Å²) in [6, 6.07) is 9.83. The fourth-order valence-corrected chi connectivity index (χ4v) is 1.02. The minimum atomic E-state index is -0.332. The number of benzene rings is 1. The molecule has 1 heterocycles. The third-order valence-corrected chi connectivity index (χ3v) is 1.59. The summed E-state index contributed by atoms with van der Waals surface area (Å²) in [4.78, 5) is 0. The highest BCUT2D eigenvalue weighted by atomic mass is 19.1. The summed E-state index contributed by atoms with van der Waals surface area (Å²) in [5.74, 6) is -0.332. The number of halogens is 1. The lowest BCUT2D eigenvalue weighted by atomic mass is 10.1. The highest BCUT2D eigenvalue weighted by Crippen LogP contribution is 2.18. The van der Waals surface area contributed by atoms with Crippen molar-refractivity contribution in [3.05, 3.63) is 42.3 Å². The molecule has 1 aromatic carbocycles. The van der Waals surface area contributed by atoms with Gasteiger partial charge in [-0.15, -0.1) is 0 Å². The van der Waals surface area contributed by atoms with Crippen molar-refractivity contribution >= 4 is 0 Å². The first-order valence-corrected chi connectivity index (χ1v) is 3.53. The molecule has 0 bridgehead atoms. The van der Waals surface area contributed by atoms with Crippen molar-refractivity contribution in [3.8, 4) is 11.3 Å². The Morgan fingerprint density at radius 3 is 2.67 bits per heavy atom. The molecule has 0 saturated heterocycles. The van der Waals surface area contributed by atoms with E-state index in [9.17, 15) is 4.39 Å². The van der Waals surface area contributed by atoms with Crippen LogP contribution in [0.15, 0.2) is 30.5 Å². The van der Waals surface area contributed by atoms with Crippen LogP contribution in [-0.2, 0) is 0 Å². The molecule has 0 spiro atoms. The molecule has 0 atom stereocenters. The Kier molecular flexibility index (Phi) is 1.63. The minimum absolute atomic E-state index is 0.332. The predicted molar refractivity (Wildman–Crippen MR) is 42.8 cm³/mol. The maximum atomic E-state index is 12.9. The quantitative estimate of drug-likeness (QED) is 0.681. The Morgan fingerprint density at radius 2 is 2.08 bits per heavy atom. The van der Waals surface area contributed by atoms with E-state index in [1.54, 1.807) is 24.3 Å². The summed E-state index contributed by atoms with van der Waals surface area (Å²) in [5.41, 5.74) is 1.11. The van der Waals surface area contributed by atoms with Crippen LogP contribution in [0.3, 0.4) is 0 Å². The first-order chi connectivity index (χ1) is 5.88. The molecule has 59 valence electrons. The molecule has 1 aromatic heterocycles. The molecule has 3 heteroatoms. The van der Waals surface area contributed by atoms with Gasteiger partial charge in [0.15, 0.2) is 5.82 Å². The number of aromatic nitrogens is 2. The number of hydrogen-bond acceptors (Lipinski definition) is 1. The van der Waals surface area contributed by atoms with E-state index in [0.29, 0.717) is 5.69 Å². The maximum absolute atomic E-state index is 12.9. The van der Waals surface area contributed by atoms with Gasteiger partial charge >= 0.3 is 0 Å². The molecule has 0 amide bonds. The van der Waals surface area contributed by atoms with Crippen LogP contribution < -0.4 is 0 Å². The van der Waals surface area contributed by atoms with Gasteiger partial charge < -0.3 is 0 Å². The Morgan fingerprint density at radius 1 is 1.33 bits per heavy atom. The van der Waals surface area contributed by atoms with E-state index in [1.165, 1.54) is 6.20 Å². The molecule has 0 unspecified atom stereocenters. The third-order valence-electron chi connectivity index (χ3n) is 1.59. The van der Waals surface area contributed by atoms with Gasteiger partial charge in [0.1, 0.15) is 5.69 Å². The summed E-state index contributed by atoms with van der Waals surface area (Å²) in [7, 11) is 0. The molecule has 0 aliphatic rings. The lowest BCUT2D eigenvalue weighted by Crippen LogP contribution is -1.79. The van der Waals surface area contributed by atoms with Gasteiger partial charge in [-0.3, -0.25) is 5.10 Å². The van der Waals surface area contributed by atoms with E-state index in [4.69, 9.17) is 0 Å². The number of nitrogens with zero attached hydrogens (tertiary/aromatic N) is 1. The van der Waals surface area contributed by atoms with Crippen molar-refractivity contribution in [2.24, 2.45) is 0 Å². The minimum Gasteiger partial charge on any atom is -0.282 e. The van der Waals surface area contributed by atoms with E-state index < -0.39 is 0 Å². The molecular formula is C9H6FN2. The van der Waals surface area contributed by atoms with E-state index in [0.717, 1.165) is 5.56 Å². The van der Waals surface area contributed by atoms with E-state index in [-0.39, 0.29) is 5.82 Å². The average molecular weight is 161 g/mol. The van der Waals surface area contributed by atoms with Gasteiger partial charge in [0, 0.05) is 5.56 Å². The second kappa shape index (κ2) is 2.77. The fraction of sp³-hybridized carbons (Fsp3) is 0. The van der Waals surface area contributed by atoms with Gasteiger partial charge in [0.25, 0.3) is 0 Å². The molecule has 0 fully saturated rings. The van der Waals surface area contributed by atoms with Crippen LogP contribution in [-0.4, -0.2) is 10.2 Å². The van der Waals surface area contributed by atoms with Gasteiger partial charge in [-0.2, -0.15) is 5.10 Å². The van der Waals surface area contributed by atoms with Gasteiger partial charge in [0.2, 0.25) is 0 Å². The van der Waals surface area contributed by atoms with Crippen LogP contribution in [0.25, 0.3) is 11.3 Å². The monoisotopic (exact) mass is 161 g/mol. The number of H-pyrrole nitrogens is 1. The van der Waals surface area contributed by atoms with Crippen molar-refractivity contribution in [3.63, 3.8) is 0 Å². The van der Waals surface area contributed by atoms with Gasteiger partial charge in [-0.25, -0.2) is 4.39 Å². The molecule has 12 heavy (non-hydrogen) atoms. The number of rotatable bonds is 1. The molecule has 1 radical (unpaired) electrons.